The average molecular weight is 409 g/mol. The van der Waals surface area contributed by atoms with E-state index in [1.54, 1.807) is 36.3 Å². The molecule has 5 rings (SSSR count). The number of anilines is 1. The first-order valence-electron chi connectivity index (χ1n) is 9.74. The van der Waals surface area contributed by atoms with Gasteiger partial charge in [0.25, 0.3) is 5.91 Å². The minimum absolute atomic E-state index is 0.260. The number of carbonyl (C=O) groups excluding carboxylic acids is 1. The van der Waals surface area contributed by atoms with Gasteiger partial charge in [-0.15, -0.1) is 0 Å². The smallest absolute Gasteiger partial charge is 0.274 e. The number of methoxy groups -OCH3 is 1. The van der Waals surface area contributed by atoms with Crippen LogP contribution in [-0.4, -0.2) is 32.2 Å². The van der Waals surface area contributed by atoms with Crippen molar-refractivity contribution in [3.63, 3.8) is 0 Å². The van der Waals surface area contributed by atoms with Crippen molar-refractivity contribution in [2.45, 2.75) is 0 Å². The van der Waals surface area contributed by atoms with Gasteiger partial charge in [0.2, 0.25) is 0 Å². The normalized spacial score (nSPS) is 10.9. The predicted molar refractivity (Wildman–Crippen MR) is 119 cm³/mol. The number of nitrogens with one attached hydrogen (secondary N) is 1. The zero-order valence-electron chi connectivity index (χ0n) is 16.8. The van der Waals surface area contributed by atoms with Crippen LogP contribution in [0.1, 0.15) is 10.5 Å². The lowest BCUT2D eigenvalue weighted by Crippen LogP contribution is -2.17. The highest BCUT2D eigenvalue weighted by atomic mass is 16.5. The van der Waals surface area contributed by atoms with Crippen LogP contribution in [0.3, 0.4) is 0 Å². The number of hydrogen-bond donors (Lipinski definition) is 1. The molecule has 0 saturated heterocycles. The zero-order valence-corrected chi connectivity index (χ0v) is 16.8. The van der Waals surface area contributed by atoms with Crippen molar-refractivity contribution in [3.8, 4) is 22.7 Å². The van der Waals surface area contributed by atoms with Crippen LogP contribution in [0.5, 0.6) is 5.75 Å². The van der Waals surface area contributed by atoms with Crippen molar-refractivity contribution in [1.82, 2.24) is 19.2 Å². The third-order valence-electron chi connectivity index (χ3n) is 5.04. The molecule has 0 radical (unpaired) electrons. The molecular formula is C24H19N5O2. The Morgan fingerprint density at radius 2 is 1.87 bits per heavy atom. The van der Waals surface area contributed by atoms with E-state index in [4.69, 9.17) is 4.74 Å². The van der Waals surface area contributed by atoms with Gasteiger partial charge in [-0.25, -0.2) is 4.68 Å². The summed E-state index contributed by atoms with van der Waals surface area (Å²) in [5, 5.41) is 7.31. The summed E-state index contributed by atoms with van der Waals surface area (Å²) in [5.74, 6) is 1.18. The summed E-state index contributed by atoms with van der Waals surface area (Å²) in [6, 6.07) is 20.9. The maximum absolute atomic E-state index is 13.0. The number of fused-ring (bicyclic) bond motifs is 1. The van der Waals surface area contributed by atoms with Gasteiger partial charge in [0.05, 0.1) is 13.3 Å². The fraction of sp³-hybridized carbons (Fsp3) is 0.0417. The van der Waals surface area contributed by atoms with Gasteiger partial charge in [-0.3, -0.25) is 9.78 Å². The summed E-state index contributed by atoms with van der Waals surface area (Å²) < 4.78 is 8.88. The number of hydrogen-bond acceptors (Lipinski definition) is 4. The maximum atomic E-state index is 13.0. The Morgan fingerprint density at radius 3 is 2.71 bits per heavy atom. The van der Waals surface area contributed by atoms with E-state index in [-0.39, 0.29) is 5.91 Å². The number of rotatable bonds is 5. The van der Waals surface area contributed by atoms with Crippen LogP contribution in [0.4, 0.5) is 5.69 Å². The van der Waals surface area contributed by atoms with E-state index < -0.39 is 0 Å². The van der Waals surface area contributed by atoms with Gasteiger partial charge in [0.1, 0.15) is 17.3 Å². The van der Waals surface area contributed by atoms with E-state index in [0.717, 1.165) is 22.5 Å². The molecule has 0 aliphatic carbocycles. The van der Waals surface area contributed by atoms with Gasteiger partial charge in [-0.1, -0.05) is 18.2 Å². The molecule has 0 aliphatic rings. The monoisotopic (exact) mass is 409 g/mol. The molecule has 1 N–H and O–H groups in total. The Kier molecular flexibility index (Phi) is 4.68. The topological polar surface area (TPSA) is 73.4 Å². The lowest BCUT2D eigenvalue weighted by atomic mass is 10.1. The van der Waals surface area contributed by atoms with Crippen LogP contribution in [0.25, 0.3) is 22.5 Å². The van der Waals surface area contributed by atoms with Gasteiger partial charge in [-0.05, 0) is 48.0 Å². The molecule has 0 atom stereocenters. The quantitative estimate of drug-likeness (QED) is 0.466. The molecule has 0 spiro atoms. The van der Waals surface area contributed by atoms with Crippen LogP contribution in [-0.2, 0) is 0 Å². The third-order valence-corrected chi connectivity index (χ3v) is 5.04. The van der Waals surface area contributed by atoms with E-state index >= 15 is 0 Å². The Morgan fingerprint density at radius 1 is 0.968 bits per heavy atom. The number of benzene rings is 1. The number of aromatic nitrogens is 4. The Labute approximate surface area is 178 Å². The second-order valence-corrected chi connectivity index (χ2v) is 6.96. The standard InChI is InChI=1S/C24H19N5O2/c1-31-21-6-2-5-19(14-21)27-24(30)22-11-13-26-29(22)23-10-9-20-8-7-18(16-28(20)23)17-4-3-12-25-15-17/h2-16H,1H3,(H,27,30). The Balaban J connectivity index is 1.52. The van der Waals surface area contributed by atoms with Gasteiger partial charge in [0, 0.05) is 41.4 Å². The molecule has 5 aromatic rings. The van der Waals surface area contributed by atoms with Gasteiger partial charge in [0.15, 0.2) is 0 Å². The van der Waals surface area contributed by atoms with E-state index in [9.17, 15) is 4.79 Å². The number of pyridine rings is 2. The molecular weight excluding hydrogens is 390 g/mol. The summed E-state index contributed by atoms with van der Waals surface area (Å²) in [4.78, 5) is 17.2. The summed E-state index contributed by atoms with van der Waals surface area (Å²) in [6.45, 7) is 0. The molecule has 4 aromatic heterocycles. The van der Waals surface area contributed by atoms with E-state index in [0.29, 0.717) is 17.1 Å². The fourth-order valence-electron chi connectivity index (χ4n) is 3.52. The van der Waals surface area contributed by atoms with Crippen LogP contribution < -0.4 is 10.1 Å². The minimum Gasteiger partial charge on any atom is -0.497 e. The first kappa shape index (κ1) is 18.6. The molecule has 0 aliphatic heterocycles. The van der Waals surface area contributed by atoms with Gasteiger partial charge in [-0.2, -0.15) is 5.10 Å². The van der Waals surface area contributed by atoms with E-state index in [1.807, 2.05) is 65.3 Å². The van der Waals surface area contributed by atoms with Crippen molar-refractivity contribution < 1.29 is 9.53 Å². The number of ether oxygens (including phenoxy) is 1. The second-order valence-electron chi connectivity index (χ2n) is 6.96. The largest absolute Gasteiger partial charge is 0.497 e. The Bertz CT molecular complexity index is 1370. The van der Waals surface area contributed by atoms with Crippen molar-refractivity contribution in [2.24, 2.45) is 0 Å². The summed E-state index contributed by atoms with van der Waals surface area (Å²) >= 11 is 0. The van der Waals surface area contributed by atoms with Gasteiger partial charge >= 0.3 is 0 Å². The first-order chi connectivity index (χ1) is 15.2. The number of amides is 1. The van der Waals surface area contributed by atoms with Crippen molar-refractivity contribution >= 4 is 17.1 Å². The van der Waals surface area contributed by atoms with Crippen LogP contribution in [0.2, 0.25) is 0 Å². The lowest BCUT2D eigenvalue weighted by Gasteiger charge is -2.10. The van der Waals surface area contributed by atoms with Gasteiger partial charge < -0.3 is 14.5 Å². The summed E-state index contributed by atoms with van der Waals surface area (Å²) in [6.07, 6.45) is 7.21. The average Bonchev–Trinajstić information content (AvgIpc) is 3.46. The third kappa shape index (κ3) is 3.53. The predicted octanol–water partition coefficient (Wildman–Crippen LogP) is 4.45. The molecule has 0 saturated carbocycles. The molecule has 1 amide bonds. The minimum atomic E-state index is -0.260. The van der Waals surface area contributed by atoms with Crippen molar-refractivity contribution in [2.75, 3.05) is 12.4 Å². The van der Waals surface area contributed by atoms with Crippen LogP contribution >= 0.6 is 0 Å². The van der Waals surface area contributed by atoms with Crippen molar-refractivity contribution in [3.05, 3.63) is 97.2 Å². The summed E-state index contributed by atoms with van der Waals surface area (Å²) in [7, 11) is 1.59. The second kappa shape index (κ2) is 7.79. The van der Waals surface area contributed by atoms with Crippen LogP contribution in [0, 0.1) is 0 Å². The van der Waals surface area contributed by atoms with E-state index in [2.05, 4.69) is 21.5 Å². The molecule has 31 heavy (non-hydrogen) atoms. The van der Waals surface area contributed by atoms with E-state index in [1.165, 1.54) is 0 Å². The SMILES string of the molecule is COc1cccc(NC(=O)c2ccnn2-c2ccc3ccc(-c4cccnc4)cn23)c1. The molecule has 152 valence electrons. The molecule has 4 heterocycles. The lowest BCUT2D eigenvalue weighted by molar-refractivity contribution is 0.101. The highest BCUT2D eigenvalue weighted by Gasteiger charge is 2.16. The van der Waals surface area contributed by atoms with Crippen molar-refractivity contribution in [1.29, 1.82) is 0 Å². The molecule has 7 nitrogen and oxygen atoms in total. The molecule has 7 heteroatoms. The molecule has 0 bridgehead atoms. The zero-order chi connectivity index (χ0) is 21.2. The fourth-order valence-corrected chi connectivity index (χ4v) is 3.52. The Hall–Kier alpha value is -4.39. The highest BCUT2D eigenvalue weighted by Crippen LogP contribution is 2.23. The first-order valence-corrected chi connectivity index (χ1v) is 9.74. The molecule has 0 unspecified atom stereocenters. The maximum Gasteiger partial charge on any atom is 0.274 e. The molecule has 1 aromatic carbocycles. The molecule has 0 fully saturated rings. The number of nitrogens with zero attached hydrogens (tertiary/aromatic N) is 4. The number of carbonyl (C=O) groups is 1. The highest BCUT2D eigenvalue weighted by molar-refractivity contribution is 6.03. The summed E-state index contributed by atoms with van der Waals surface area (Å²) in [5.41, 5.74) is 4.11. The van der Waals surface area contributed by atoms with Crippen LogP contribution in [0.15, 0.2) is 91.5 Å².